The molecule has 0 aliphatic carbocycles. The molecule has 1 unspecified atom stereocenters. The number of nitrogens with one attached hydrogen (secondary N) is 1. The van der Waals surface area contributed by atoms with E-state index in [0.717, 1.165) is 31.2 Å². The van der Waals surface area contributed by atoms with Crippen LogP contribution in [-0.2, 0) is 19.5 Å². The summed E-state index contributed by atoms with van der Waals surface area (Å²) in [5, 5.41) is 12.2. The third-order valence-electron chi connectivity index (χ3n) is 3.86. The maximum absolute atomic E-state index is 4.39. The largest absolute Gasteiger partial charge is 0.314 e. The van der Waals surface area contributed by atoms with Crippen LogP contribution in [0.1, 0.15) is 49.4 Å². The van der Waals surface area contributed by atoms with E-state index in [1.807, 2.05) is 12.3 Å². The zero-order valence-electron chi connectivity index (χ0n) is 11.9. The van der Waals surface area contributed by atoms with Crippen LogP contribution >= 0.6 is 0 Å². The fourth-order valence-electron chi connectivity index (χ4n) is 2.69. The Morgan fingerprint density at radius 2 is 2.25 bits per heavy atom. The number of pyridine rings is 1. The van der Waals surface area contributed by atoms with E-state index in [-0.39, 0.29) is 6.04 Å². The molecular weight excluding hydrogens is 250 g/mol. The van der Waals surface area contributed by atoms with Crippen molar-refractivity contribution in [1.82, 2.24) is 25.1 Å². The van der Waals surface area contributed by atoms with Gasteiger partial charge >= 0.3 is 0 Å². The van der Waals surface area contributed by atoms with Crippen molar-refractivity contribution < 1.29 is 0 Å². The van der Waals surface area contributed by atoms with E-state index in [0.29, 0.717) is 0 Å². The van der Waals surface area contributed by atoms with Crippen molar-refractivity contribution in [3.8, 4) is 0 Å². The number of fused-ring (bicyclic) bond motifs is 1. The molecular formula is C15H21N5. The van der Waals surface area contributed by atoms with Gasteiger partial charge in [-0.3, -0.25) is 4.98 Å². The fraction of sp³-hybridized carbons (Fsp3) is 0.533. The molecule has 1 aliphatic rings. The number of rotatable bonds is 4. The Hall–Kier alpha value is -1.75. The van der Waals surface area contributed by atoms with Crippen LogP contribution in [0.15, 0.2) is 24.5 Å². The number of nitrogens with zero attached hydrogens (tertiary/aromatic N) is 4. The van der Waals surface area contributed by atoms with E-state index in [4.69, 9.17) is 0 Å². The average molecular weight is 271 g/mol. The number of hydrogen-bond donors (Lipinski definition) is 1. The van der Waals surface area contributed by atoms with Crippen LogP contribution in [0.4, 0.5) is 0 Å². The fourth-order valence-corrected chi connectivity index (χ4v) is 2.69. The van der Waals surface area contributed by atoms with Gasteiger partial charge in [0.2, 0.25) is 0 Å². The minimum atomic E-state index is 0.203. The molecule has 3 heterocycles. The maximum Gasteiger partial charge on any atom is 0.149 e. The van der Waals surface area contributed by atoms with E-state index in [1.54, 1.807) is 6.20 Å². The van der Waals surface area contributed by atoms with Crippen molar-refractivity contribution >= 4 is 0 Å². The van der Waals surface area contributed by atoms with Gasteiger partial charge < -0.3 is 9.88 Å². The summed E-state index contributed by atoms with van der Waals surface area (Å²) in [6.07, 6.45) is 8.50. The molecule has 1 aliphatic heterocycles. The van der Waals surface area contributed by atoms with Gasteiger partial charge in [-0.25, -0.2) is 0 Å². The summed E-state index contributed by atoms with van der Waals surface area (Å²) in [5.41, 5.74) is 1.19. The van der Waals surface area contributed by atoms with Crippen LogP contribution < -0.4 is 5.32 Å². The lowest BCUT2D eigenvalue weighted by Crippen LogP contribution is -2.22. The first-order valence-electron chi connectivity index (χ1n) is 7.39. The molecule has 5 nitrogen and oxygen atoms in total. The second-order valence-corrected chi connectivity index (χ2v) is 5.40. The summed E-state index contributed by atoms with van der Waals surface area (Å²) in [7, 11) is 0. The highest BCUT2D eigenvalue weighted by Crippen LogP contribution is 2.18. The Morgan fingerprint density at radius 3 is 3.10 bits per heavy atom. The molecule has 20 heavy (non-hydrogen) atoms. The van der Waals surface area contributed by atoms with Crippen LogP contribution in [0.3, 0.4) is 0 Å². The summed E-state index contributed by atoms with van der Waals surface area (Å²) >= 11 is 0. The van der Waals surface area contributed by atoms with Crippen molar-refractivity contribution in [3.05, 3.63) is 41.7 Å². The summed E-state index contributed by atoms with van der Waals surface area (Å²) < 4.78 is 2.30. The Bertz CT molecular complexity index is 549. The molecule has 1 atom stereocenters. The molecule has 2 aromatic rings. The van der Waals surface area contributed by atoms with Gasteiger partial charge in [0.05, 0.1) is 6.04 Å². The van der Waals surface area contributed by atoms with Crippen molar-refractivity contribution in [2.75, 3.05) is 0 Å². The van der Waals surface area contributed by atoms with Gasteiger partial charge in [0.15, 0.2) is 0 Å². The first-order chi connectivity index (χ1) is 9.84. The molecule has 0 aromatic carbocycles. The number of hydrogen-bond acceptors (Lipinski definition) is 4. The Kier molecular flexibility index (Phi) is 4.06. The van der Waals surface area contributed by atoms with Crippen LogP contribution in [0.25, 0.3) is 0 Å². The topological polar surface area (TPSA) is 55.6 Å². The quantitative estimate of drug-likeness (QED) is 0.926. The monoisotopic (exact) mass is 271 g/mol. The van der Waals surface area contributed by atoms with Gasteiger partial charge in [0, 0.05) is 31.9 Å². The van der Waals surface area contributed by atoms with Gasteiger partial charge in [-0.1, -0.05) is 12.5 Å². The van der Waals surface area contributed by atoms with Gasteiger partial charge in [-0.15, -0.1) is 10.2 Å². The second-order valence-electron chi connectivity index (χ2n) is 5.40. The molecule has 0 radical (unpaired) electrons. The third kappa shape index (κ3) is 2.88. The van der Waals surface area contributed by atoms with E-state index in [9.17, 15) is 0 Å². The first kappa shape index (κ1) is 13.2. The lowest BCUT2D eigenvalue weighted by Gasteiger charge is -2.15. The molecule has 0 saturated carbocycles. The van der Waals surface area contributed by atoms with Crippen molar-refractivity contribution in [2.24, 2.45) is 0 Å². The maximum atomic E-state index is 4.39. The van der Waals surface area contributed by atoms with Gasteiger partial charge in [0.25, 0.3) is 0 Å². The molecule has 1 N–H and O–H groups in total. The van der Waals surface area contributed by atoms with Crippen LogP contribution in [0.2, 0.25) is 0 Å². The molecule has 0 saturated heterocycles. The highest BCUT2D eigenvalue weighted by Gasteiger charge is 2.18. The summed E-state index contributed by atoms with van der Waals surface area (Å²) in [6, 6.07) is 4.25. The molecule has 106 valence electrons. The van der Waals surface area contributed by atoms with E-state index < -0.39 is 0 Å². The van der Waals surface area contributed by atoms with Crippen LogP contribution in [0.5, 0.6) is 0 Å². The number of aromatic nitrogens is 4. The number of aryl methyl sites for hydroxylation is 1. The lowest BCUT2D eigenvalue weighted by atomic mass is 10.2. The molecule has 0 spiro atoms. The highest BCUT2D eigenvalue weighted by molar-refractivity contribution is 5.09. The molecule has 3 rings (SSSR count). The zero-order valence-corrected chi connectivity index (χ0v) is 11.9. The summed E-state index contributed by atoms with van der Waals surface area (Å²) in [5.74, 6) is 2.21. The smallest absolute Gasteiger partial charge is 0.149 e. The average Bonchev–Trinajstić information content (AvgIpc) is 2.75. The zero-order chi connectivity index (χ0) is 13.8. The molecule has 2 aromatic heterocycles. The molecule has 0 amide bonds. The predicted molar refractivity (Wildman–Crippen MR) is 77.1 cm³/mol. The Balaban J connectivity index is 1.68. The van der Waals surface area contributed by atoms with Crippen LogP contribution in [0, 0.1) is 0 Å². The van der Waals surface area contributed by atoms with Crippen molar-refractivity contribution in [1.29, 1.82) is 0 Å². The highest BCUT2D eigenvalue weighted by atomic mass is 15.3. The van der Waals surface area contributed by atoms with E-state index in [2.05, 4.69) is 38.1 Å². The first-order valence-corrected chi connectivity index (χ1v) is 7.39. The van der Waals surface area contributed by atoms with E-state index >= 15 is 0 Å². The third-order valence-corrected chi connectivity index (χ3v) is 3.86. The Morgan fingerprint density at radius 1 is 1.30 bits per heavy atom. The van der Waals surface area contributed by atoms with Gasteiger partial charge in [0.1, 0.15) is 11.6 Å². The lowest BCUT2D eigenvalue weighted by molar-refractivity contribution is 0.501. The van der Waals surface area contributed by atoms with Gasteiger partial charge in [-0.2, -0.15) is 0 Å². The predicted octanol–water partition coefficient (Wildman–Crippen LogP) is 2.25. The minimum absolute atomic E-state index is 0.203. The summed E-state index contributed by atoms with van der Waals surface area (Å²) in [6.45, 7) is 4.01. The van der Waals surface area contributed by atoms with Crippen molar-refractivity contribution in [3.63, 3.8) is 0 Å². The van der Waals surface area contributed by atoms with Crippen molar-refractivity contribution in [2.45, 2.75) is 51.7 Å². The van der Waals surface area contributed by atoms with Gasteiger partial charge in [-0.05, 0) is 31.4 Å². The normalized spacial score (nSPS) is 16.4. The van der Waals surface area contributed by atoms with E-state index in [1.165, 1.54) is 24.8 Å². The second kappa shape index (κ2) is 6.13. The Labute approximate surface area is 119 Å². The SMILES string of the molecule is CC(NCc1cccnc1)c1nnc2n1CCCCC2. The minimum Gasteiger partial charge on any atom is -0.314 e. The molecule has 0 fully saturated rings. The standard InChI is InChI=1S/C15H21N5/c1-12(17-11-13-6-5-8-16-10-13)15-19-18-14-7-3-2-4-9-20(14)15/h5-6,8,10,12,17H,2-4,7,9,11H2,1H3. The molecule has 5 heteroatoms. The summed E-state index contributed by atoms with van der Waals surface area (Å²) in [4.78, 5) is 4.13. The van der Waals surface area contributed by atoms with Crippen LogP contribution in [-0.4, -0.2) is 19.7 Å². The molecule has 0 bridgehead atoms.